The molecule has 2 N–H and O–H groups in total. The van der Waals surface area contributed by atoms with Gasteiger partial charge in [-0.1, -0.05) is 19.8 Å². The Morgan fingerprint density at radius 1 is 1.42 bits per heavy atom. The largest absolute Gasteiger partial charge is 0.373 e. The smallest absolute Gasteiger partial charge is 0.267 e. The summed E-state index contributed by atoms with van der Waals surface area (Å²) in [7, 11) is 1.82. The molecule has 2 fully saturated rings. The van der Waals surface area contributed by atoms with Gasteiger partial charge in [0.2, 0.25) is 0 Å². The molecule has 2 aliphatic rings. The Hall–Kier alpha value is -1.17. The van der Waals surface area contributed by atoms with E-state index in [4.69, 9.17) is 10.5 Å². The highest BCUT2D eigenvalue weighted by molar-refractivity contribution is 5.90. The van der Waals surface area contributed by atoms with Gasteiger partial charge in [0, 0.05) is 44.3 Å². The minimum atomic E-state index is -0.479. The van der Waals surface area contributed by atoms with Gasteiger partial charge in [0.05, 0.1) is 0 Å². The fraction of sp³-hybridized carbons (Fsp3) is 0.700. The summed E-state index contributed by atoms with van der Waals surface area (Å²) >= 11 is 0. The van der Waals surface area contributed by atoms with Gasteiger partial charge in [-0.2, -0.15) is 0 Å². The first-order valence-electron chi connectivity index (χ1n) is 9.58. The highest BCUT2D eigenvalue weighted by Crippen LogP contribution is 2.51. The second-order valence-corrected chi connectivity index (χ2v) is 7.71. The number of carbonyl (C=O) groups is 1. The molecule has 2 bridgehead atoms. The van der Waals surface area contributed by atoms with Crippen molar-refractivity contribution >= 4 is 18.3 Å². The monoisotopic (exact) mass is 381 g/mol. The highest BCUT2D eigenvalue weighted by Gasteiger charge is 2.53. The predicted octanol–water partition coefficient (Wildman–Crippen LogP) is 3.36. The van der Waals surface area contributed by atoms with Crippen molar-refractivity contribution in [1.82, 2.24) is 9.88 Å². The molecule has 1 amide bonds. The molecule has 4 atom stereocenters. The second-order valence-electron chi connectivity index (χ2n) is 7.71. The minimum Gasteiger partial charge on any atom is -0.373 e. The third kappa shape index (κ3) is 3.62. The number of nitrogens with zero attached hydrogens (tertiary/aromatic N) is 2. The van der Waals surface area contributed by atoms with E-state index in [0.717, 1.165) is 31.5 Å². The number of nitrogens with two attached hydrogens (primary N) is 1. The van der Waals surface area contributed by atoms with Gasteiger partial charge in [-0.15, -0.1) is 12.4 Å². The predicted molar refractivity (Wildman–Crippen MR) is 105 cm³/mol. The van der Waals surface area contributed by atoms with Crippen LogP contribution in [0, 0.1) is 11.8 Å². The summed E-state index contributed by atoms with van der Waals surface area (Å²) in [5.74, 6) is 0.395. The molecular formula is C20H32ClN3O2. The number of aromatic nitrogens is 1. The Morgan fingerprint density at radius 3 is 2.62 bits per heavy atom. The first-order valence-corrected chi connectivity index (χ1v) is 9.58. The molecule has 3 rings (SSSR count). The third-order valence-corrected chi connectivity index (χ3v) is 6.36. The fourth-order valence-electron chi connectivity index (χ4n) is 5.16. The van der Waals surface area contributed by atoms with Gasteiger partial charge in [0.1, 0.15) is 11.3 Å². The molecular weight excluding hydrogens is 350 g/mol. The van der Waals surface area contributed by atoms with E-state index in [1.54, 1.807) is 6.20 Å². The molecule has 1 saturated carbocycles. The summed E-state index contributed by atoms with van der Waals surface area (Å²) in [5.41, 5.74) is 6.53. The van der Waals surface area contributed by atoms with Gasteiger partial charge in [0.15, 0.2) is 0 Å². The Balaban J connectivity index is 0.00000243. The molecule has 0 radical (unpaired) electrons. The van der Waals surface area contributed by atoms with E-state index in [1.807, 2.05) is 19.2 Å². The number of rotatable bonds is 6. The average Bonchev–Trinajstić information content (AvgIpc) is 2.60. The molecule has 6 heteroatoms. The van der Waals surface area contributed by atoms with Crippen LogP contribution in [0.5, 0.6) is 0 Å². The number of methoxy groups -OCH3 is 1. The quantitative estimate of drug-likeness (QED) is 0.820. The van der Waals surface area contributed by atoms with Crippen LogP contribution in [0.2, 0.25) is 0 Å². The lowest BCUT2D eigenvalue weighted by atomic mass is 9.62. The van der Waals surface area contributed by atoms with Crippen LogP contribution in [0.1, 0.15) is 62.0 Å². The molecule has 2 heterocycles. The number of pyridine rings is 1. The zero-order chi connectivity index (χ0) is 18.0. The van der Waals surface area contributed by atoms with E-state index in [-0.39, 0.29) is 18.0 Å². The van der Waals surface area contributed by atoms with Crippen molar-refractivity contribution in [2.45, 2.75) is 57.6 Å². The van der Waals surface area contributed by atoms with Gasteiger partial charge < -0.3 is 10.5 Å². The summed E-state index contributed by atoms with van der Waals surface area (Å²) < 4.78 is 6.25. The summed E-state index contributed by atoms with van der Waals surface area (Å²) in [6, 6.07) is 4.47. The molecule has 1 saturated heterocycles. The number of hydrogen-bond donors (Lipinski definition) is 1. The number of piperidine rings is 1. The van der Waals surface area contributed by atoms with Gasteiger partial charge in [0.25, 0.3) is 5.91 Å². The fourth-order valence-corrected chi connectivity index (χ4v) is 5.16. The number of ether oxygens (including phenoxy) is 1. The zero-order valence-electron chi connectivity index (χ0n) is 16.1. The number of halogens is 1. The number of hydrogen-bond acceptors (Lipinski definition) is 4. The van der Waals surface area contributed by atoms with Crippen LogP contribution in [0.4, 0.5) is 0 Å². The van der Waals surface area contributed by atoms with Gasteiger partial charge >= 0.3 is 0 Å². The van der Waals surface area contributed by atoms with Crippen LogP contribution >= 0.6 is 12.4 Å². The van der Waals surface area contributed by atoms with Crippen LogP contribution in [0.15, 0.2) is 18.3 Å². The molecule has 0 aromatic carbocycles. The molecule has 1 aromatic heterocycles. The highest BCUT2D eigenvalue weighted by atomic mass is 35.5. The topological polar surface area (TPSA) is 68.4 Å². The van der Waals surface area contributed by atoms with Crippen LogP contribution in [-0.4, -0.2) is 42.0 Å². The molecule has 1 aliphatic carbocycles. The Morgan fingerprint density at radius 2 is 2.08 bits per heavy atom. The van der Waals surface area contributed by atoms with Crippen molar-refractivity contribution in [3.63, 3.8) is 0 Å². The Kier molecular flexibility index (Phi) is 7.05. The second kappa shape index (κ2) is 8.68. The normalized spacial score (nSPS) is 29.7. The van der Waals surface area contributed by atoms with Crippen molar-refractivity contribution in [2.75, 3.05) is 20.2 Å². The van der Waals surface area contributed by atoms with Gasteiger partial charge in [-0.3, -0.25) is 14.7 Å². The maximum absolute atomic E-state index is 11.6. The van der Waals surface area contributed by atoms with E-state index < -0.39 is 5.91 Å². The van der Waals surface area contributed by atoms with E-state index >= 15 is 0 Å². The van der Waals surface area contributed by atoms with Crippen LogP contribution in [0.3, 0.4) is 0 Å². The Bertz CT molecular complexity index is 611. The third-order valence-electron chi connectivity index (χ3n) is 6.36. The molecule has 0 spiro atoms. The van der Waals surface area contributed by atoms with Crippen molar-refractivity contribution < 1.29 is 9.53 Å². The number of fused-ring (bicyclic) bond motifs is 2. The van der Waals surface area contributed by atoms with Crippen LogP contribution in [-0.2, 0) is 10.3 Å². The van der Waals surface area contributed by atoms with E-state index in [9.17, 15) is 4.79 Å². The van der Waals surface area contributed by atoms with Crippen molar-refractivity contribution in [3.8, 4) is 0 Å². The first kappa shape index (κ1) is 21.1. The first-order chi connectivity index (χ1) is 12.0. The molecule has 1 aromatic rings. The maximum atomic E-state index is 11.6. The molecule has 26 heavy (non-hydrogen) atoms. The number of carbonyl (C=O) groups excluding carboxylic acids is 1. The summed E-state index contributed by atoms with van der Waals surface area (Å²) in [4.78, 5) is 18.4. The average molecular weight is 382 g/mol. The van der Waals surface area contributed by atoms with E-state index in [1.165, 1.54) is 19.3 Å². The molecule has 1 aliphatic heterocycles. The van der Waals surface area contributed by atoms with Gasteiger partial charge in [-0.25, -0.2) is 0 Å². The standard InChI is InChI=1S/C20H31N3O2.ClH/c1-4-6-14(2)23-12-16-7-5-8-17(13-23)20(16,25-3)15-9-10-22-18(11-15)19(21)24;/h9-11,14,16-17H,4-8,12-13H2,1-3H3,(H2,21,24);1H/t14-,16-,17+,20-;/m1./s1. The Labute approximate surface area is 163 Å². The lowest BCUT2D eigenvalue weighted by Gasteiger charge is -2.56. The van der Waals surface area contributed by atoms with Crippen molar-refractivity contribution in [2.24, 2.45) is 17.6 Å². The zero-order valence-corrected chi connectivity index (χ0v) is 16.9. The number of amides is 1. The summed E-state index contributed by atoms with van der Waals surface area (Å²) in [6.45, 7) is 6.71. The van der Waals surface area contributed by atoms with Crippen LogP contribution in [0.25, 0.3) is 0 Å². The number of primary amides is 1. The van der Waals surface area contributed by atoms with Crippen LogP contribution < -0.4 is 5.73 Å². The minimum absolute atomic E-state index is 0. The van der Waals surface area contributed by atoms with E-state index in [0.29, 0.717) is 23.6 Å². The lowest BCUT2D eigenvalue weighted by Crippen LogP contribution is -2.60. The van der Waals surface area contributed by atoms with Crippen molar-refractivity contribution in [3.05, 3.63) is 29.6 Å². The molecule has 146 valence electrons. The van der Waals surface area contributed by atoms with Gasteiger partial charge in [-0.05, 0) is 43.9 Å². The SMILES string of the molecule is CCC[C@@H](C)N1C[C@H]2CCC[C@@H](C1)[C@@]2(OC)c1ccnc(C(N)=O)c1.Cl. The van der Waals surface area contributed by atoms with Crippen molar-refractivity contribution in [1.29, 1.82) is 0 Å². The summed E-state index contributed by atoms with van der Waals surface area (Å²) in [5, 5.41) is 0. The molecule has 5 nitrogen and oxygen atoms in total. The number of likely N-dealkylation sites (tertiary alicyclic amines) is 1. The summed E-state index contributed by atoms with van der Waals surface area (Å²) in [6.07, 6.45) is 7.72. The molecule has 0 unspecified atom stereocenters. The van der Waals surface area contributed by atoms with E-state index in [2.05, 4.69) is 23.7 Å². The maximum Gasteiger partial charge on any atom is 0.267 e. The lowest BCUT2D eigenvalue weighted by molar-refractivity contribution is -0.173.